The quantitative estimate of drug-likeness (QED) is 0.238. The number of hydrogen-bond acceptors (Lipinski definition) is 6. The standard InChI is InChI=1S/C16H16O2S.C9H9NOS/c1-12(17)15-9-8-14(18-2)10-16(15)19-11-13-6-4-3-5-7-13;1-6-8-4-3-7(11-2)5-9(8)12-10-6/h3-10H,11H2,1-2H3;3-5H,1-2H3. The second-order valence-corrected chi connectivity index (χ2v) is 8.64. The Labute approximate surface area is 191 Å². The van der Waals surface area contributed by atoms with Crippen molar-refractivity contribution < 1.29 is 14.3 Å². The van der Waals surface area contributed by atoms with E-state index in [0.29, 0.717) is 0 Å². The van der Waals surface area contributed by atoms with Gasteiger partial charge in [-0.05, 0) is 67.3 Å². The number of carbonyl (C=O) groups is 1. The van der Waals surface area contributed by atoms with E-state index >= 15 is 0 Å². The number of thioether (sulfide) groups is 1. The van der Waals surface area contributed by atoms with Crippen LogP contribution in [0.2, 0.25) is 0 Å². The SMILES string of the molecule is COc1ccc(C(C)=O)c(SCc2ccccc2)c1.COc1ccc2c(C)nsc2c1. The van der Waals surface area contributed by atoms with Crippen molar-refractivity contribution >= 4 is 39.2 Å². The molecule has 3 aromatic carbocycles. The molecule has 1 aromatic heterocycles. The van der Waals surface area contributed by atoms with Crippen LogP contribution in [0.1, 0.15) is 28.5 Å². The Bertz CT molecular complexity index is 1160. The second-order valence-electron chi connectivity index (χ2n) is 6.82. The molecule has 0 bridgehead atoms. The summed E-state index contributed by atoms with van der Waals surface area (Å²) in [6, 6.07) is 21.8. The van der Waals surface area contributed by atoms with Gasteiger partial charge in [0, 0.05) is 21.6 Å². The fourth-order valence-corrected chi connectivity index (χ4v) is 4.84. The number of hydrogen-bond donors (Lipinski definition) is 0. The minimum atomic E-state index is 0.0817. The van der Waals surface area contributed by atoms with Crippen LogP contribution in [0, 0.1) is 6.92 Å². The lowest BCUT2D eigenvalue weighted by atomic mass is 10.1. The van der Waals surface area contributed by atoms with Gasteiger partial charge in [0.2, 0.25) is 0 Å². The summed E-state index contributed by atoms with van der Waals surface area (Å²) in [6.45, 7) is 3.61. The third-order valence-electron chi connectivity index (χ3n) is 4.66. The van der Waals surface area contributed by atoms with Crippen molar-refractivity contribution in [3.8, 4) is 11.5 Å². The van der Waals surface area contributed by atoms with Crippen LogP contribution in [-0.2, 0) is 5.75 Å². The molecule has 0 unspecified atom stereocenters. The summed E-state index contributed by atoms with van der Waals surface area (Å²) in [4.78, 5) is 12.6. The summed E-state index contributed by atoms with van der Waals surface area (Å²) >= 11 is 3.17. The molecule has 1 heterocycles. The van der Waals surface area contributed by atoms with Crippen molar-refractivity contribution in [1.29, 1.82) is 0 Å². The van der Waals surface area contributed by atoms with E-state index in [9.17, 15) is 4.79 Å². The molecule has 6 heteroatoms. The first-order valence-electron chi connectivity index (χ1n) is 9.77. The van der Waals surface area contributed by atoms with E-state index in [1.54, 1.807) is 32.9 Å². The first-order chi connectivity index (χ1) is 15.0. The van der Waals surface area contributed by atoms with E-state index < -0.39 is 0 Å². The Morgan fingerprint density at radius 3 is 2.32 bits per heavy atom. The number of aromatic nitrogens is 1. The molecule has 4 rings (SSSR count). The van der Waals surface area contributed by atoms with E-state index in [1.807, 2.05) is 61.5 Å². The van der Waals surface area contributed by atoms with Gasteiger partial charge >= 0.3 is 0 Å². The van der Waals surface area contributed by atoms with Gasteiger partial charge in [0.15, 0.2) is 5.78 Å². The molecule has 0 fully saturated rings. The summed E-state index contributed by atoms with van der Waals surface area (Å²) in [5.41, 5.74) is 3.09. The zero-order valence-electron chi connectivity index (χ0n) is 18.0. The Kier molecular flexibility index (Phi) is 8.09. The predicted octanol–water partition coefficient (Wildman–Crippen LogP) is 6.80. The molecule has 4 aromatic rings. The lowest BCUT2D eigenvalue weighted by Crippen LogP contribution is -1.96. The maximum atomic E-state index is 11.6. The van der Waals surface area contributed by atoms with Crippen molar-refractivity contribution in [2.24, 2.45) is 0 Å². The molecule has 0 aliphatic carbocycles. The van der Waals surface area contributed by atoms with E-state index in [-0.39, 0.29) is 5.78 Å². The molecule has 0 saturated carbocycles. The highest BCUT2D eigenvalue weighted by Gasteiger charge is 2.09. The topological polar surface area (TPSA) is 48.4 Å². The monoisotopic (exact) mass is 451 g/mol. The third-order valence-corrected chi connectivity index (χ3v) is 6.69. The molecule has 0 amide bonds. The summed E-state index contributed by atoms with van der Waals surface area (Å²) in [6.07, 6.45) is 0. The van der Waals surface area contributed by atoms with Crippen molar-refractivity contribution in [3.05, 3.63) is 83.6 Å². The lowest BCUT2D eigenvalue weighted by molar-refractivity contribution is 0.101. The predicted molar refractivity (Wildman–Crippen MR) is 130 cm³/mol. The number of benzene rings is 3. The van der Waals surface area contributed by atoms with Crippen LogP contribution in [0.4, 0.5) is 0 Å². The minimum Gasteiger partial charge on any atom is -0.497 e. The van der Waals surface area contributed by atoms with E-state index in [0.717, 1.165) is 33.4 Å². The van der Waals surface area contributed by atoms with Crippen LogP contribution in [0.3, 0.4) is 0 Å². The number of fused-ring (bicyclic) bond motifs is 1. The van der Waals surface area contributed by atoms with Gasteiger partial charge in [-0.15, -0.1) is 11.8 Å². The van der Waals surface area contributed by atoms with Gasteiger partial charge in [-0.1, -0.05) is 30.3 Å². The fourth-order valence-electron chi connectivity index (χ4n) is 2.95. The van der Waals surface area contributed by atoms with Crippen LogP contribution in [-0.4, -0.2) is 24.4 Å². The highest BCUT2D eigenvalue weighted by molar-refractivity contribution is 7.98. The minimum absolute atomic E-state index is 0.0817. The molecule has 4 nitrogen and oxygen atoms in total. The van der Waals surface area contributed by atoms with E-state index in [4.69, 9.17) is 9.47 Å². The maximum absolute atomic E-state index is 11.6. The highest BCUT2D eigenvalue weighted by atomic mass is 32.2. The number of aryl methyl sites for hydroxylation is 1. The van der Waals surface area contributed by atoms with Crippen LogP contribution in [0.25, 0.3) is 10.1 Å². The Morgan fingerprint density at radius 2 is 1.65 bits per heavy atom. The van der Waals surface area contributed by atoms with Crippen LogP contribution in [0.15, 0.2) is 71.6 Å². The Morgan fingerprint density at radius 1 is 0.968 bits per heavy atom. The molecule has 0 aliphatic heterocycles. The van der Waals surface area contributed by atoms with E-state index in [2.05, 4.69) is 16.5 Å². The number of Topliss-reactive ketones (excluding diaryl/α,β-unsaturated/α-hetero) is 1. The normalized spacial score (nSPS) is 10.3. The zero-order valence-corrected chi connectivity index (χ0v) is 19.7. The van der Waals surface area contributed by atoms with Gasteiger partial charge in [0.1, 0.15) is 11.5 Å². The molecule has 160 valence electrons. The van der Waals surface area contributed by atoms with Crippen LogP contribution in [0.5, 0.6) is 11.5 Å². The Hall–Kier alpha value is -2.83. The molecular formula is C25H25NO3S2. The van der Waals surface area contributed by atoms with Crippen molar-refractivity contribution in [2.45, 2.75) is 24.5 Å². The first-order valence-corrected chi connectivity index (χ1v) is 11.5. The molecule has 0 atom stereocenters. The zero-order chi connectivity index (χ0) is 22.2. The highest BCUT2D eigenvalue weighted by Crippen LogP contribution is 2.30. The van der Waals surface area contributed by atoms with E-state index in [1.165, 1.54) is 27.2 Å². The van der Waals surface area contributed by atoms with Crippen LogP contribution < -0.4 is 9.47 Å². The van der Waals surface area contributed by atoms with Crippen molar-refractivity contribution in [1.82, 2.24) is 4.37 Å². The molecule has 0 aliphatic rings. The van der Waals surface area contributed by atoms with Gasteiger partial charge in [-0.3, -0.25) is 4.79 Å². The number of carbonyl (C=O) groups excluding carboxylic acids is 1. The number of ketones is 1. The van der Waals surface area contributed by atoms with Crippen molar-refractivity contribution in [2.75, 3.05) is 14.2 Å². The van der Waals surface area contributed by atoms with Crippen molar-refractivity contribution in [3.63, 3.8) is 0 Å². The fraction of sp³-hybridized carbons (Fsp3) is 0.200. The summed E-state index contributed by atoms with van der Waals surface area (Å²) in [5.74, 6) is 2.60. The average Bonchev–Trinajstić information content (AvgIpc) is 3.18. The lowest BCUT2D eigenvalue weighted by Gasteiger charge is -2.09. The van der Waals surface area contributed by atoms with Gasteiger partial charge in [0.05, 0.1) is 24.6 Å². The molecule has 0 saturated heterocycles. The maximum Gasteiger partial charge on any atom is 0.160 e. The summed E-state index contributed by atoms with van der Waals surface area (Å²) in [7, 11) is 3.31. The number of rotatable bonds is 6. The number of ether oxygens (including phenoxy) is 2. The smallest absolute Gasteiger partial charge is 0.160 e. The molecular weight excluding hydrogens is 426 g/mol. The number of nitrogens with zero attached hydrogens (tertiary/aromatic N) is 1. The van der Waals surface area contributed by atoms with Gasteiger partial charge < -0.3 is 9.47 Å². The second kappa shape index (κ2) is 11.0. The third kappa shape index (κ3) is 6.09. The molecule has 0 spiro atoms. The Balaban J connectivity index is 0.000000194. The largest absolute Gasteiger partial charge is 0.497 e. The summed E-state index contributed by atoms with van der Waals surface area (Å²) in [5, 5.41) is 1.22. The molecule has 0 N–H and O–H groups in total. The van der Waals surface area contributed by atoms with Gasteiger partial charge in [-0.25, -0.2) is 0 Å². The number of methoxy groups -OCH3 is 2. The molecule has 31 heavy (non-hydrogen) atoms. The average molecular weight is 452 g/mol. The summed E-state index contributed by atoms with van der Waals surface area (Å²) < 4.78 is 15.8. The molecule has 0 radical (unpaired) electrons. The van der Waals surface area contributed by atoms with Gasteiger partial charge in [-0.2, -0.15) is 4.37 Å². The van der Waals surface area contributed by atoms with Gasteiger partial charge in [0.25, 0.3) is 0 Å². The first kappa shape index (κ1) is 22.8. The van der Waals surface area contributed by atoms with Crippen LogP contribution >= 0.6 is 23.3 Å².